The van der Waals surface area contributed by atoms with Crippen LogP contribution in [0.25, 0.3) is 11.1 Å². The van der Waals surface area contributed by atoms with Crippen molar-refractivity contribution in [3.05, 3.63) is 59.7 Å². The summed E-state index contributed by atoms with van der Waals surface area (Å²) in [7, 11) is 0. The molecule has 1 aliphatic carbocycles. The molecule has 1 aliphatic rings. The Kier molecular flexibility index (Phi) is 4.76. The predicted molar refractivity (Wildman–Crippen MR) is 91.7 cm³/mol. The van der Waals surface area contributed by atoms with Crippen LogP contribution in [0.2, 0.25) is 0 Å². The van der Waals surface area contributed by atoms with Crippen molar-refractivity contribution in [3.8, 4) is 17.2 Å². The second-order valence-corrected chi connectivity index (χ2v) is 6.49. The summed E-state index contributed by atoms with van der Waals surface area (Å²) in [4.78, 5) is 0. The summed E-state index contributed by atoms with van der Waals surface area (Å²) in [5.74, 6) is 0. The van der Waals surface area contributed by atoms with Crippen molar-refractivity contribution in [1.82, 2.24) is 0 Å². The zero-order valence-electron chi connectivity index (χ0n) is 13.4. The van der Waals surface area contributed by atoms with Gasteiger partial charge in [-0.2, -0.15) is 5.26 Å². The van der Waals surface area contributed by atoms with Crippen LogP contribution in [-0.4, -0.2) is 0 Å². The molecule has 23 heavy (non-hydrogen) atoms. The summed E-state index contributed by atoms with van der Waals surface area (Å²) in [6.07, 6.45) is 6.00. The van der Waals surface area contributed by atoms with E-state index in [-0.39, 0.29) is 0 Å². The molecule has 1 saturated carbocycles. The fourth-order valence-electron chi connectivity index (χ4n) is 3.45. The normalized spacial score (nSPS) is 17.2. The van der Waals surface area contributed by atoms with Gasteiger partial charge in [-0.25, -0.2) is 4.39 Å². The van der Waals surface area contributed by atoms with E-state index < -0.39 is 5.67 Å². The van der Waals surface area contributed by atoms with Crippen LogP contribution in [0.4, 0.5) is 4.39 Å². The van der Waals surface area contributed by atoms with Gasteiger partial charge in [-0.05, 0) is 47.9 Å². The molecule has 0 aliphatic heterocycles. The van der Waals surface area contributed by atoms with Crippen molar-refractivity contribution in [2.75, 3.05) is 0 Å². The van der Waals surface area contributed by atoms with Crippen LogP contribution in [0.3, 0.4) is 0 Å². The lowest BCUT2D eigenvalue weighted by molar-refractivity contribution is 0.140. The number of hydrogen-bond donors (Lipinski definition) is 0. The molecule has 0 bridgehead atoms. The molecule has 0 N–H and O–H groups in total. The predicted octanol–water partition coefficient (Wildman–Crippen LogP) is 5.94. The van der Waals surface area contributed by atoms with Crippen molar-refractivity contribution in [2.45, 2.75) is 50.6 Å². The molecule has 1 nitrogen and oxygen atoms in total. The van der Waals surface area contributed by atoms with E-state index >= 15 is 4.39 Å². The SMILES string of the molecule is N#CCc1ccc(-c2ccc(C3(F)CCCCCC3)cc2)cc1. The van der Waals surface area contributed by atoms with Crippen molar-refractivity contribution in [2.24, 2.45) is 0 Å². The molecule has 0 heterocycles. The Morgan fingerprint density at radius 1 is 0.826 bits per heavy atom. The minimum Gasteiger partial charge on any atom is -0.239 e. The molecule has 0 atom stereocenters. The second-order valence-electron chi connectivity index (χ2n) is 6.49. The van der Waals surface area contributed by atoms with Gasteiger partial charge in [0, 0.05) is 0 Å². The molecular formula is C21H22FN. The Morgan fingerprint density at radius 3 is 1.87 bits per heavy atom. The molecule has 2 heteroatoms. The van der Waals surface area contributed by atoms with Crippen molar-refractivity contribution >= 4 is 0 Å². The summed E-state index contributed by atoms with van der Waals surface area (Å²) < 4.78 is 15.2. The third-order valence-electron chi connectivity index (χ3n) is 4.87. The van der Waals surface area contributed by atoms with E-state index in [1.165, 1.54) is 0 Å². The maximum absolute atomic E-state index is 15.2. The number of hydrogen-bond acceptors (Lipinski definition) is 1. The highest BCUT2D eigenvalue weighted by Gasteiger charge is 2.32. The van der Waals surface area contributed by atoms with Crippen molar-refractivity contribution < 1.29 is 4.39 Å². The van der Waals surface area contributed by atoms with E-state index in [9.17, 15) is 0 Å². The van der Waals surface area contributed by atoms with Crippen LogP contribution in [0.15, 0.2) is 48.5 Å². The summed E-state index contributed by atoms with van der Waals surface area (Å²) in [5.41, 5.74) is 2.89. The molecular weight excluding hydrogens is 285 g/mol. The first-order valence-electron chi connectivity index (χ1n) is 8.47. The molecule has 0 saturated heterocycles. The number of nitriles is 1. The first-order chi connectivity index (χ1) is 11.2. The molecule has 0 unspecified atom stereocenters. The molecule has 2 aromatic carbocycles. The zero-order valence-corrected chi connectivity index (χ0v) is 13.4. The average molecular weight is 307 g/mol. The van der Waals surface area contributed by atoms with Gasteiger partial charge in [0.2, 0.25) is 0 Å². The topological polar surface area (TPSA) is 23.8 Å². The molecule has 1 fully saturated rings. The third kappa shape index (κ3) is 3.62. The fourth-order valence-corrected chi connectivity index (χ4v) is 3.45. The number of alkyl halides is 1. The number of halogens is 1. The molecule has 0 aromatic heterocycles. The summed E-state index contributed by atoms with van der Waals surface area (Å²) in [6, 6.07) is 18.1. The van der Waals surface area contributed by atoms with E-state index in [1.807, 2.05) is 48.5 Å². The smallest absolute Gasteiger partial charge is 0.136 e. The zero-order chi connectivity index (χ0) is 16.1. The van der Waals surface area contributed by atoms with E-state index in [1.54, 1.807) is 0 Å². The lowest BCUT2D eigenvalue weighted by Crippen LogP contribution is -2.18. The first kappa shape index (κ1) is 15.7. The van der Waals surface area contributed by atoms with Gasteiger partial charge in [0.15, 0.2) is 0 Å². The van der Waals surface area contributed by atoms with Gasteiger partial charge >= 0.3 is 0 Å². The molecule has 118 valence electrons. The number of benzene rings is 2. The summed E-state index contributed by atoms with van der Waals surface area (Å²) in [6.45, 7) is 0. The van der Waals surface area contributed by atoms with Crippen LogP contribution in [0.5, 0.6) is 0 Å². The lowest BCUT2D eigenvalue weighted by Gasteiger charge is -2.24. The Hall–Kier alpha value is -2.14. The van der Waals surface area contributed by atoms with Gasteiger partial charge in [0.05, 0.1) is 12.5 Å². The van der Waals surface area contributed by atoms with Crippen LogP contribution >= 0.6 is 0 Å². The summed E-state index contributed by atoms with van der Waals surface area (Å²) >= 11 is 0. The molecule has 3 rings (SSSR count). The monoisotopic (exact) mass is 307 g/mol. The highest BCUT2D eigenvalue weighted by molar-refractivity contribution is 5.64. The van der Waals surface area contributed by atoms with E-state index in [0.717, 1.165) is 47.9 Å². The standard InChI is InChI=1S/C21H22FN/c22-21(14-3-1-2-4-15-21)20-11-9-19(10-12-20)18-7-5-17(6-8-18)13-16-23/h5-12H,1-4,13-15H2. The molecule has 0 amide bonds. The Bertz CT molecular complexity index is 671. The molecule has 0 radical (unpaired) electrons. The highest BCUT2D eigenvalue weighted by atomic mass is 19.1. The maximum Gasteiger partial charge on any atom is 0.136 e. The Morgan fingerprint density at radius 2 is 1.35 bits per heavy atom. The van der Waals surface area contributed by atoms with Crippen molar-refractivity contribution in [1.29, 1.82) is 5.26 Å². The minimum atomic E-state index is -1.15. The second kappa shape index (κ2) is 6.96. The van der Waals surface area contributed by atoms with E-state index in [4.69, 9.17) is 5.26 Å². The number of rotatable bonds is 3. The highest BCUT2D eigenvalue weighted by Crippen LogP contribution is 2.40. The quantitative estimate of drug-likeness (QED) is 0.644. The largest absolute Gasteiger partial charge is 0.239 e. The van der Waals surface area contributed by atoms with Crippen LogP contribution in [0.1, 0.15) is 49.7 Å². The number of nitrogens with zero attached hydrogens (tertiary/aromatic N) is 1. The first-order valence-corrected chi connectivity index (χ1v) is 8.47. The van der Waals surface area contributed by atoms with Gasteiger partial charge in [-0.3, -0.25) is 0 Å². The van der Waals surface area contributed by atoms with Crippen molar-refractivity contribution in [3.63, 3.8) is 0 Å². The average Bonchev–Trinajstić information content (AvgIpc) is 2.82. The molecule has 2 aromatic rings. The van der Waals surface area contributed by atoms with Gasteiger partial charge in [0.1, 0.15) is 5.67 Å². The van der Waals surface area contributed by atoms with E-state index in [0.29, 0.717) is 19.3 Å². The minimum absolute atomic E-state index is 0.434. The Balaban J connectivity index is 1.80. The van der Waals surface area contributed by atoms with Gasteiger partial charge in [-0.15, -0.1) is 0 Å². The maximum atomic E-state index is 15.2. The van der Waals surface area contributed by atoms with Crippen LogP contribution in [0, 0.1) is 11.3 Å². The third-order valence-corrected chi connectivity index (χ3v) is 4.87. The Labute approximate surface area is 137 Å². The van der Waals surface area contributed by atoms with Gasteiger partial charge < -0.3 is 0 Å². The molecule has 0 spiro atoms. The van der Waals surface area contributed by atoms with Gasteiger partial charge in [-0.1, -0.05) is 61.4 Å². The fraction of sp³-hybridized carbons (Fsp3) is 0.381. The van der Waals surface area contributed by atoms with Gasteiger partial charge in [0.25, 0.3) is 0 Å². The summed E-state index contributed by atoms with van der Waals surface area (Å²) in [5, 5.41) is 8.72. The van der Waals surface area contributed by atoms with Crippen LogP contribution in [-0.2, 0) is 12.1 Å². The lowest BCUT2D eigenvalue weighted by atomic mass is 9.87. The van der Waals surface area contributed by atoms with E-state index in [2.05, 4.69) is 6.07 Å². The van der Waals surface area contributed by atoms with Crippen LogP contribution < -0.4 is 0 Å².